The van der Waals surface area contributed by atoms with Gasteiger partial charge in [0.1, 0.15) is 18.3 Å². The van der Waals surface area contributed by atoms with E-state index in [1.54, 1.807) is 53.4 Å². The number of rotatable bonds is 4. The van der Waals surface area contributed by atoms with Gasteiger partial charge in [-0.3, -0.25) is 0 Å². The predicted molar refractivity (Wildman–Crippen MR) is 89.3 cm³/mol. The van der Waals surface area contributed by atoms with Crippen molar-refractivity contribution in [2.75, 3.05) is 4.90 Å². The van der Waals surface area contributed by atoms with E-state index in [2.05, 4.69) is 0 Å². The van der Waals surface area contributed by atoms with Gasteiger partial charge in [-0.25, -0.2) is 4.79 Å². The van der Waals surface area contributed by atoms with Gasteiger partial charge in [-0.2, -0.15) is 0 Å². The predicted octanol–water partition coefficient (Wildman–Crippen LogP) is 0.717. The van der Waals surface area contributed by atoms with Gasteiger partial charge in [0.05, 0.1) is 0 Å². The van der Waals surface area contributed by atoms with Gasteiger partial charge >= 0.3 is 5.97 Å². The lowest BCUT2D eigenvalue weighted by atomic mass is 9.97. The van der Waals surface area contributed by atoms with Crippen LogP contribution in [0.4, 0.5) is 11.4 Å². The Labute approximate surface area is 144 Å². The Morgan fingerprint density at radius 1 is 0.800 bits per heavy atom. The van der Waals surface area contributed by atoms with E-state index in [1.165, 1.54) is 0 Å². The zero-order valence-electron chi connectivity index (χ0n) is 13.2. The molecule has 1 aliphatic heterocycles. The van der Waals surface area contributed by atoms with Crippen LogP contribution in [0, 0.1) is 0 Å². The molecule has 7 nitrogen and oxygen atoms in total. The smallest absolute Gasteiger partial charge is 0.335 e. The van der Waals surface area contributed by atoms with Gasteiger partial charge in [0.2, 0.25) is 0 Å². The van der Waals surface area contributed by atoms with E-state index in [9.17, 15) is 25.2 Å². The minimum atomic E-state index is -1.72. The molecule has 0 bridgehead atoms. The fourth-order valence-electron chi connectivity index (χ4n) is 2.90. The maximum Gasteiger partial charge on any atom is 0.335 e. The van der Waals surface area contributed by atoms with Gasteiger partial charge in [0.25, 0.3) is 0 Å². The summed E-state index contributed by atoms with van der Waals surface area (Å²) in [4.78, 5) is 13.0. The normalized spacial score (nSPS) is 29.2. The zero-order valence-corrected chi connectivity index (χ0v) is 13.2. The highest BCUT2D eigenvalue weighted by Gasteiger charge is 2.49. The first-order valence-electron chi connectivity index (χ1n) is 7.82. The zero-order chi connectivity index (χ0) is 18.0. The molecule has 0 radical (unpaired) electrons. The second-order valence-corrected chi connectivity index (χ2v) is 5.80. The molecule has 2 aromatic carbocycles. The average molecular weight is 345 g/mol. The van der Waals surface area contributed by atoms with Gasteiger partial charge in [-0.15, -0.1) is 0 Å². The number of carboxylic acid groups (broad SMARTS) is 1. The second kappa shape index (κ2) is 7.20. The Morgan fingerprint density at radius 2 is 1.28 bits per heavy atom. The third-order valence-corrected chi connectivity index (χ3v) is 4.15. The molecule has 5 atom stereocenters. The number of anilines is 2. The number of hydrogen-bond acceptors (Lipinski definition) is 6. The second-order valence-electron chi connectivity index (χ2n) is 5.80. The van der Waals surface area contributed by atoms with Crippen molar-refractivity contribution < 1.29 is 30.0 Å². The summed E-state index contributed by atoms with van der Waals surface area (Å²) in [6.07, 6.45) is -7.74. The molecule has 4 N–H and O–H groups in total. The van der Waals surface area contributed by atoms with E-state index < -0.39 is 36.6 Å². The van der Waals surface area contributed by atoms with Crippen molar-refractivity contribution in [1.82, 2.24) is 0 Å². The number of ether oxygens (including phenoxy) is 1. The fraction of sp³-hybridized carbons (Fsp3) is 0.278. The molecule has 25 heavy (non-hydrogen) atoms. The van der Waals surface area contributed by atoms with Crippen LogP contribution in [0.25, 0.3) is 0 Å². The molecule has 132 valence electrons. The van der Waals surface area contributed by atoms with Crippen molar-refractivity contribution in [3.8, 4) is 0 Å². The van der Waals surface area contributed by atoms with Crippen LogP contribution in [0.2, 0.25) is 0 Å². The summed E-state index contributed by atoms with van der Waals surface area (Å²) < 4.78 is 5.48. The first kappa shape index (κ1) is 17.4. The molecule has 1 aliphatic rings. The van der Waals surface area contributed by atoms with E-state index >= 15 is 0 Å². The fourth-order valence-corrected chi connectivity index (χ4v) is 2.90. The molecule has 0 spiro atoms. The maximum atomic E-state index is 11.4. The summed E-state index contributed by atoms with van der Waals surface area (Å²) in [6.45, 7) is 0. The molecule has 0 aliphatic carbocycles. The van der Waals surface area contributed by atoms with Gasteiger partial charge in [-0.05, 0) is 24.3 Å². The topological polar surface area (TPSA) is 110 Å². The number of hydrogen-bond donors (Lipinski definition) is 4. The molecule has 5 unspecified atom stereocenters. The Balaban J connectivity index is 2.04. The van der Waals surface area contributed by atoms with Crippen LogP contribution in [-0.4, -0.2) is 57.0 Å². The lowest BCUT2D eigenvalue weighted by molar-refractivity contribution is -0.225. The number of para-hydroxylation sites is 2. The van der Waals surface area contributed by atoms with E-state index in [4.69, 9.17) is 4.74 Å². The average Bonchev–Trinajstić information content (AvgIpc) is 2.63. The molecule has 0 aromatic heterocycles. The Kier molecular flexibility index (Phi) is 5.00. The van der Waals surface area contributed by atoms with Crippen LogP contribution in [0.1, 0.15) is 0 Å². The molecule has 3 rings (SSSR count). The van der Waals surface area contributed by atoms with Crippen molar-refractivity contribution in [2.45, 2.75) is 30.6 Å². The van der Waals surface area contributed by atoms with Crippen LogP contribution in [0.5, 0.6) is 0 Å². The van der Waals surface area contributed by atoms with Crippen molar-refractivity contribution in [1.29, 1.82) is 0 Å². The molecule has 2 aromatic rings. The SMILES string of the molecule is O=C(O)C1OC(N(c2ccccc2)c2ccccc2)C(O)C(O)C1O. The van der Waals surface area contributed by atoms with Crippen LogP contribution in [0.15, 0.2) is 60.7 Å². The molecule has 0 saturated carbocycles. The van der Waals surface area contributed by atoms with Crippen molar-refractivity contribution in [3.63, 3.8) is 0 Å². The summed E-state index contributed by atoms with van der Waals surface area (Å²) in [5, 5.41) is 39.7. The van der Waals surface area contributed by atoms with Crippen LogP contribution in [-0.2, 0) is 9.53 Å². The monoisotopic (exact) mass is 345 g/mol. The number of carbonyl (C=O) groups is 1. The van der Waals surface area contributed by atoms with Gasteiger partial charge in [0, 0.05) is 11.4 Å². The van der Waals surface area contributed by atoms with Gasteiger partial charge in [0.15, 0.2) is 12.3 Å². The highest BCUT2D eigenvalue weighted by Crippen LogP contribution is 2.33. The molecule has 1 fully saturated rings. The number of benzene rings is 2. The maximum absolute atomic E-state index is 11.4. The third kappa shape index (κ3) is 3.35. The minimum Gasteiger partial charge on any atom is -0.479 e. The van der Waals surface area contributed by atoms with Crippen LogP contribution in [0.3, 0.4) is 0 Å². The highest BCUT2D eigenvalue weighted by atomic mass is 16.6. The van der Waals surface area contributed by atoms with Crippen molar-refractivity contribution >= 4 is 17.3 Å². The Bertz CT molecular complexity index is 671. The summed E-state index contributed by atoms with van der Waals surface area (Å²) in [6, 6.07) is 17.9. The Hall–Kier alpha value is -2.45. The van der Waals surface area contributed by atoms with E-state index in [1.807, 2.05) is 12.1 Å². The van der Waals surface area contributed by atoms with Crippen LogP contribution < -0.4 is 4.90 Å². The number of nitrogens with zero attached hydrogens (tertiary/aromatic N) is 1. The van der Waals surface area contributed by atoms with Gasteiger partial charge < -0.3 is 30.1 Å². The first-order valence-corrected chi connectivity index (χ1v) is 7.82. The number of aliphatic hydroxyl groups is 3. The summed E-state index contributed by atoms with van der Waals surface area (Å²) in [7, 11) is 0. The van der Waals surface area contributed by atoms with E-state index in [0.29, 0.717) is 11.4 Å². The molecule has 1 heterocycles. The van der Waals surface area contributed by atoms with Crippen LogP contribution >= 0.6 is 0 Å². The molecule has 7 heteroatoms. The minimum absolute atomic E-state index is 0.644. The Morgan fingerprint density at radius 3 is 1.72 bits per heavy atom. The summed E-state index contributed by atoms with van der Waals surface area (Å²) in [5.74, 6) is -1.41. The summed E-state index contributed by atoms with van der Waals surface area (Å²) >= 11 is 0. The molecular weight excluding hydrogens is 326 g/mol. The third-order valence-electron chi connectivity index (χ3n) is 4.15. The number of aliphatic hydroxyl groups excluding tert-OH is 3. The van der Waals surface area contributed by atoms with Crippen molar-refractivity contribution in [2.24, 2.45) is 0 Å². The van der Waals surface area contributed by atoms with Crippen molar-refractivity contribution in [3.05, 3.63) is 60.7 Å². The summed E-state index contributed by atoms with van der Waals surface area (Å²) in [5.41, 5.74) is 1.29. The van der Waals surface area contributed by atoms with E-state index in [0.717, 1.165) is 0 Å². The molecule has 1 saturated heterocycles. The molecular formula is C18H19NO6. The lowest BCUT2D eigenvalue weighted by Crippen LogP contribution is -2.63. The first-order chi connectivity index (χ1) is 12.0. The van der Waals surface area contributed by atoms with E-state index in [-0.39, 0.29) is 0 Å². The molecule has 0 amide bonds. The number of aliphatic carboxylic acids is 1. The quantitative estimate of drug-likeness (QED) is 0.646. The lowest BCUT2D eigenvalue weighted by Gasteiger charge is -2.44. The van der Waals surface area contributed by atoms with Gasteiger partial charge in [-0.1, -0.05) is 36.4 Å². The highest BCUT2D eigenvalue weighted by molar-refractivity contribution is 5.74. The largest absolute Gasteiger partial charge is 0.479 e. The standard InChI is InChI=1S/C18H19NO6/c20-13-14(21)16(18(23)24)25-17(15(13)22)19(11-7-3-1-4-8-11)12-9-5-2-6-10-12/h1-10,13-17,20-22H,(H,23,24). The number of carboxylic acids is 1.